The first-order chi connectivity index (χ1) is 14.7. The Morgan fingerprint density at radius 1 is 1.20 bits per heavy atom. The molecule has 1 amide bonds. The fourth-order valence-corrected chi connectivity index (χ4v) is 6.07. The minimum Gasteiger partial charge on any atom is -0.379 e. The van der Waals surface area contributed by atoms with Crippen LogP contribution in [0, 0.1) is 0 Å². The molecule has 9 heteroatoms. The summed E-state index contributed by atoms with van der Waals surface area (Å²) in [5.41, 5.74) is 6.94. The molecule has 2 saturated heterocycles. The molecule has 1 atom stereocenters. The number of carbonyl (C=O) groups is 1. The lowest BCUT2D eigenvalue weighted by molar-refractivity contribution is -0.119. The lowest BCUT2D eigenvalue weighted by atomic mass is 10.0. The van der Waals surface area contributed by atoms with Gasteiger partial charge in [0.2, 0.25) is 5.91 Å². The molecule has 3 aromatic heterocycles. The van der Waals surface area contributed by atoms with Crippen molar-refractivity contribution in [3.8, 4) is 10.4 Å². The zero-order valence-corrected chi connectivity index (χ0v) is 18.4. The zero-order valence-electron chi connectivity index (χ0n) is 16.7. The van der Waals surface area contributed by atoms with Crippen LogP contribution in [0.2, 0.25) is 0 Å². The van der Waals surface area contributed by atoms with E-state index in [0.29, 0.717) is 6.54 Å². The van der Waals surface area contributed by atoms with Gasteiger partial charge in [-0.05, 0) is 30.7 Å². The van der Waals surface area contributed by atoms with Crippen molar-refractivity contribution < 1.29 is 9.53 Å². The van der Waals surface area contributed by atoms with Gasteiger partial charge >= 0.3 is 0 Å². The summed E-state index contributed by atoms with van der Waals surface area (Å²) in [6.07, 6.45) is 2.82. The molecule has 0 spiro atoms. The minimum atomic E-state index is -0.316. The number of hydrogen-bond acceptors (Lipinski definition) is 8. The van der Waals surface area contributed by atoms with E-state index in [4.69, 9.17) is 20.4 Å². The summed E-state index contributed by atoms with van der Waals surface area (Å²) in [7, 11) is 0. The van der Waals surface area contributed by atoms with Gasteiger partial charge in [0, 0.05) is 35.5 Å². The van der Waals surface area contributed by atoms with Crippen LogP contribution in [-0.4, -0.2) is 59.7 Å². The maximum atomic E-state index is 12.2. The molecule has 5 rings (SSSR count). The third kappa shape index (κ3) is 3.82. The maximum Gasteiger partial charge on any atom is 0.240 e. The Hall–Kier alpha value is -2.07. The molecule has 7 nitrogen and oxygen atoms in total. The van der Waals surface area contributed by atoms with E-state index in [1.807, 2.05) is 0 Å². The molecule has 2 aliphatic rings. The van der Waals surface area contributed by atoms with E-state index in [-0.39, 0.29) is 11.9 Å². The second-order valence-electron chi connectivity index (χ2n) is 7.77. The van der Waals surface area contributed by atoms with E-state index >= 15 is 0 Å². The number of primary amides is 1. The first-order valence-electron chi connectivity index (χ1n) is 10.4. The van der Waals surface area contributed by atoms with Gasteiger partial charge in [0.15, 0.2) is 0 Å². The van der Waals surface area contributed by atoms with Crippen LogP contribution in [0.1, 0.15) is 25.1 Å². The van der Waals surface area contributed by atoms with Crippen LogP contribution in [0.15, 0.2) is 22.9 Å². The van der Waals surface area contributed by atoms with Gasteiger partial charge in [-0.15, -0.1) is 22.7 Å². The first-order valence-corrected chi connectivity index (χ1v) is 12.1. The van der Waals surface area contributed by atoms with Crippen LogP contribution in [0.4, 0.5) is 5.82 Å². The maximum absolute atomic E-state index is 12.2. The average Bonchev–Trinajstić information content (AvgIpc) is 3.43. The number of piperidine rings is 1. The molecule has 0 bridgehead atoms. The van der Waals surface area contributed by atoms with Crippen molar-refractivity contribution in [2.24, 2.45) is 5.73 Å². The van der Waals surface area contributed by atoms with Gasteiger partial charge in [-0.1, -0.05) is 6.07 Å². The Morgan fingerprint density at radius 2 is 2.07 bits per heavy atom. The number of ether oxygens (including phenoxy) is 1. The van der Waals surface area contributed by atoms with Crippen molar-refractivity contribution in [1.29, 1.82) is 0 Å². The van der Waals surface area contributed by atoms with Crippen LogP contribution in [0.25, 0.3) is 20.7 Å². The van der Waals surface area contributed by atoms with Crippen LogP contribution in [0.5, 0.6) is 0 Å². The topological polar surface area (TPSA) is 84.6 Å². The number of morpholine rings is 1. The molecular weight excluding hydrogens is 418 g/mol. The zero-order chi connectivity index (χ0) is 20.5. The van der Waals surface area contributed by atoms with Crippen molar-refractivity contribution >= 4 is 44.6 Å². The molecule has 2 fully saturated rings. The normalized spacial score (nSPS) is 20.7. The Kier molecular flexibility index (Phi) is 5.68. The van der Waals surface area contributed by atoms with E-state index < -0.39 is 0 Å². The molecule has 0 radical (unpaired) electrons. The minimum absolute atomic E-state index is 0.274. The number of rotatable bonds is 5. The lowest BCUT2D eigenvalue weighted by Crippen LogP contribution is -2.48. The number of nitrogens with zero attached hydrogens (tertiary/aromatic N) is 4. The highest BCUT2D eigenvalue weighted by atomic mass is 32.1. The number of carbonyl (C=O) groups excluding carboxylic acids is 1. The fraction of sp³-hybridized carbons (Fsp3) is 0.476. The van der Waals surface area contributed by atoms with Crippen LogP contribution < -0.4 is 10.6 Å². The average molecular weight is 444 g/mol. The molecule has 0 aliphatic carbocycles. The third-order valence-electron chi connectivity index (χ3n) is 5.82. The number of fused-ring (bicyclic) bond motifs is 1. The van der Waals surface area contributed by atoms with Crippen molar-refractivity contribution in [2.75, 3.05) is 37.7 Å². The molecular formula is C21H25N5O2S2. The summed E-state index contributed by atoms with van der Waals surface area (Å²) in [4.78, 5) is 28.8. The molecule has 158 valence electrons. The highest BCUT2D eigenvalue weighted by Gasteiger charge is 2.31. The molecule has 1 unspecified atom stereocenters. The van der Waals surface area contributed by atoms with Gasteiger partial charge in [0.1, 0.15) is 22.5 Å². The second-order valence-corrected chi connectivity index (χ2v) is 9.57. The van der Waals surface area contributed by atoms with Crippen molar-refractivity contribution in [1.82, 2.24) is 14.9 Å². The number of aromatic nitrogens is 2. The highest BCUT2D eigenvalue weighted by Crippen LogP contribution is 2.41. The van der Waals surface area contributed by atoms with E-state index in [1.54, 1.807) is 22.7 Å². The van der Waals surface area contributed by atoms with Gasteiger partial charge in [0.05, 0.1) is 25.1 Å². The largest absolute Gasteiger partial charge is 0.379 e. The fourth-order valence-electron chi connectivity index (χ4n) is 4.30. The summed E-state index contributed by atoms with van der Waals surface area (Å²) in [6.45, 7) is 4.73. The number of anilines is 1. The molecule has 0 aromatic carbocycles. The summed E-state index contributed by atoms with van der Waals surface area (Å²) in [5, 5.41) is 5.29. The van der Waals surface area contributed by atoms with E-state index in [9.17, 15) is 4.79 Å². The third-order valence-corrected chi connectivity index (χ3v) is 7.59. The summed E-state index contributed by atoms with van der Waals surface area (Å²) >= 11 is 3.36. The van der Waals surface area contributed by atoms with E-state index in [1.165, 1.54) is 4.88 Å². The van der Waals surface area contributed by atoms with Crippen LogP contribution in [-0.2, 0) is 16.1 Å². The number of amides is 1. The summed E-state index contributed by atoms with van der Waals surface area (Å²) in [5.74, 6) is 1.38. The predicted octanol–water partition coefficient (Wildman–Crippen LogP) is 3.10. The van der Waals surface area contributed by atoms with Crippen LogP contribution >= 0.6 is 22.7 Å². The van der Waals surface area contributed by atoms with Crippen molar-refractivity contribution in [3.05, 3.63) is 28.7 Å². The Balaban J connectivity index is 1.62. The highest BCUT2D eigenvalue weighted by molar-refractivity contribution is 7.18. The monoisotopic (exact) mass is 443 g/mol. The lowest BCUT2D eigenvalue weighted by Gasteiger charge is -2.35. The van der Waals surface area contributed by atoms with Crippen molar-refractivity contribution in [3.63, 3.8) is 0 Å². The Bertz CT molecular complexity index is 1030. The summed E-state index contributed by atoms with van der Waals surface area (Å²) in [6, 6.07) is 3.87. The standard InChI is InChI=1S/C21H25N5O2S2/c22-19(27)15-4-1-2-6-26(15)20-18-14(16-5-3-11-29-16)13-30-21(18)24-17(23-20)12-25-7-9-28-10-8-25/h3,5,11,13,15H,1-2,4,6-10,12H2,(H2,22,27). The smallest absolute Gasteiger partial charge is 0.240 e. The van der Waals surface area contributed by atoms with Gasteiger partial charge in [-0.25, -0.2) is 9.97 Å². The quantitative estimate of drug-likeness (QED) is 0.652. The molecule has 0 saturated carbocycles. The van der Waals surface area contributed by atoms with Gasteiger partial charge < -0.3 is 15.4 Å². The Morgan fingerprint density at radius 3 is 2.83 bits per heavy atom. The number of thiophene rings is 2. The van der Waals surface area contributed by atoms with Crippen molar-refractivity contribution in [2.45, 2.75) is 31.8 Å². The molecule has 2 aliphatic heterocycles. The summed E-state index contributed by atoms with van der Waals surface area (Å²) < 4.78 is 5.47. The molecule has 5 heterocycles. The van der Waals surface area contributed by atoms with Gasteiger partial charge in [-0.3, -0.25) is 9.69 Å². The first kappa shape index (κ1) is 19.9. The van der Waals surface area contributed by atoms with Gasteiger partial charge in [0.25, 0.3) is 0 Å². The Labute approximate surface area is 183 Å². The van der Waals surface area contributed by atoms with E-state index in [0.717, 1.165) is 79.5 Å². The number of hydrogen-bond donors (Lipinski definition) is 1. The SMILES string of the molecule is NC(=O)C1CCCCN1c1nc(CN2CCOCC2)nc2scc(-c3cccs3)c12. The molecule has 3 aromatic rings. The number of nitrogens with two attached hydrogens (primary N) is 1. The van der Waals surface area contributed by atoms with E-state index in [2.05, 4.69) is 32.7 Å². The molecule has 2 N–H and O–H groups in total. The predicted molar refractivity (Wildman–Crippen MR) is 121 cm³/mol. The molecule has 30 heavy (non-hydrogen) atoms. The van der Waals surface area contributed by atoms with Crippen LogP contribution in [0.3, 0.4) is 0 Å². The van der Waals surface area contributed by atoms with Gasteiger partial charge in [-0.2, -0.15) is 0 Å². The second kappa shape index (κ2) is 8.58.